The highest BCUT2D eigenvalue weighted by Crippen LogP contribution is 2.35. The van der Waals surface area contributed by atoms with Crippen LogP contribution in [0.4, 0.5) is 4.39 Å². The highest BCUT2D eigenvalue weighted by Gasteiger charge is 2.25. The van der Waals surface area contributed by atoms with E-state index < -0.39 is 0 Å². The van der Waals surface area contributed by atoms with Crippen molar-refractivity contribution in [1.29, 1.82) is 0 Å². The van der Waals surface area contributed by atoms with Crippen molar-refractivity contribution in [2.45, 2.75) is 25.0 Å². The molecule has 196 valence electrons. The van der Waals surface area contributed by atoms with E-state index in [2.05, 4.69) is 40.3 Å². The van der Waals surface area contributed by atoms with Crippen LogP contribution in [-0.2, 0) is 11.3 Å². The van der Waals surface area contributed by atoms with Gasteiger partial charge in [-0.25, -0.2) is 4.39 Å². The maximum Gasteiger partial charge on any atom is 0.221 e. The number of nitrogens with zero attached hydrogens (tertiary/aromatic N) is 1. The Morgan fingerprint density at radius 1 is 0.897 bits per heavy atom. The molecule has 5 aromatic rings. The second kappa shape index (κ2) is 11.0. The first-order valence-electron chi connectivity index (χ1n) is 13.2. The van der Waals surface area contributed by atoms with E-state index in [-0.39, 0.29) is 30.2 Å². The molecule has 1 N–H and O–H groups in total. The van der Waals surface area contributed by atoms with Crippen LogP contribution in [0.5, 0.6) is 11.5 Å². The van der Waals surface area contributed by atoms with Gasteiger partial charge in [-0.1, -0.05) is 72.8 Å². The zero-order valence-corrected chi connectivity index (χ0v) is 21.4. The number of ether oxygens (including phenoxy) is 2. The van der Waals surface area contributed by atoms with Crippen molar-refractivity contribution < 1.29 is 18.7 Å². The van der Waals surface area contributed by atoms with E-state index in [1.165, 1.54) is 17.7 Å². The average Bonchev–Trinajstić information content (AvgIpc) is 3.33. The first kappa shape index (κ1) is 24.7. The van der Waals surface area contributed by atoms with Crippen molar-refractivity contribution in [3.05, 3.63) is 132 Å². The number of benzene rings is 4. The van der Waals surface area contributed by atoms with E-state index in [9.17, 15) is 9.18 Å². The Balaban J connectivity index is 1.26. The fourth-order valence-electron chi connectivity index (χ4n) is 5.22. The zero-order valence-electron chi connectivity index (χ0n) is 21.4. The van der Waals surface area contributed by atoms with Crippen LogP contribution in [0.3, 0.4) is 0 Å². The van der Waals surface area contributed by atoms with E-state index in [1.807, 2.05) is 54.6 Å². The van der Waals surface area contributed by atoms with Crippen LogP contribution in [0.1, 0.15) is 29.0 Å². The Kier molecular flexibility index (Phi) is 7.00. The number of nitrogens with one attached hydrogen (secondary N) is 1. The predicted molar refractivity (Wildman–Crippen MR) is 150 cm³/mol. The van der Waals surface area contributed by atoms with Gasteiger partial charge in [0.1, 0.15) is 18.5 Å². The van der Waals surface area contributed by atoms with E-state index >= 15 is 0 Å². The topological polar surface area (TPSA) is 52.5 Å². The molecule has 2 atom stereocenters. The first-order chi connectivity index (χ1) is 19.1. The lowest BCUT2D eigenvalue weighted by atomic mass is 9.88. The normalized spacial score (nSPS) is 15.2. The van der Waals surface area contributed by atoms with Crippen molar-refractivity contribution in [2.24, 2.45) is 0 Å². The number of rotatable bonds is 8. The molecule has 2 unspecified atom stereocenters. The minimum Gasteiger partial charge on any atom is -0.486 e. The van der Waals surface area contributed by atoms with Crippen LogP contribution < -0.4 is 14.8 Å². The lowest BCUT2D eigenvalue weighted by Gasteiger charge is -2.26. The molecule has 0 radical (unpaired) electrons. The Hall–Kier alpha value is -4.58. The summed E-state index contributed by atoms with van der Waals surface area (Å²) in [6.07, 6.45) is 2.07. The minimum absolute atomic E-state index is 0.105. The summed E-state index contributed by atoms with van der Waals surface area (Å²) in [4.78, 5) is 13.3. The highest BCUT2D eigenvalue weighted by molar-refractivity contribution is 5.86. The number of fused-ring (bicyclic) bond motifs is 2. The highest BCUT2D eigenvalue weighted by atomic mass is 19.1. The summed E-state index contributed by atoms with van der Waals surface area (Å²) >= 11 is 0. The predicted octanol–water partition coefficient (Wildman–Crippen LogP) is 6.31. The van der Waals surface area contributed by atoms with Gasteiger partial charge in [0.2, 0.25) is 5.91 Å². The standard InChI is InChI=1S/C33H29FN2O3/c34-25-16-14-24(15-17-25)28(18-33(37)35-19-26-22-38-31-12-6-7-13-32(31)39-26)29-21-36(20-23-8-2-1-3-9-23)30-11-5-4-10-27(29)30/h1-17,21,26,28H,18-20,22H2,(H,35,37). The molecule has 0 spiro atoms. The third-order valence-corrected chi connectivity index (χ3v) is 7.15. The molecule has 0 aliphatic carbocycles. The number of carbonyl (C=O) groups is 1. The van der Waals surface area contributed by atoms with Gasteiger partial charge in [-0.05, 0) is 47.0 Å². The molecule has 39 heavy (non-hydrogen) atoms. The largest absolute Gasteiger partial charge is 0.486 e. The van der Waals surface area contributed by atoms with E-state index in [1.54, 1.807) is 12.1 Å². The molecule has 0 fully saturated rings. The van der Waals surface area contributed by atoms with Crippen molar-refractivity contribution >= 4 is 16.8 Å². The monoisotopic (exact) mass is 520 g/mol. The van der Waals surface area contributed by atoms with Gasteiger partial charge in [-0.3, -0.25) is 4.79 Å². The van der Waals surface area contributed by atoms with E-state index in [0.29, 0.717) is 31.2 Å². The van der Waals surface area contributed by atoms with Gasteiger partial charge < -0.3 is 19.4 Å². The van der Waals surface area contributed by atoms with E-state index in [4.69, 9.17) is 9.47 Å². The molecular formula is C33H29FN2O3. The number of halogens is 1. The molecule has 0 bridgehead atoms. The van der Waals surface area contributed by atoms with Crippen LogP contribution in [0, 0.1) is 5.82 Å². The Morgan fingerprint density at radius 3 is 2.44 bits per heavy atom. The molecule has 1 aliphatic heterocycles. The van der Waals surface area contributed by atoms with Gasteiger partial charge in [-0.2, -0.15) is 0 Å². The average molecular weight is 521 g/mol. The van der Waals surface area contributed by atoms with Gasteiger partial charge in [0.15, 0.2) is 11.5 Å². The second-order valence-electron chi connectivity index (χ2n) is 9.83. The molecule has 1 amide bonds. The number of aromatic nitrogens is 1. The third-order valence-electron chi connectivity index (χ3n) is 7.15. The number of amides is 1. The first-order valence-corrected chi connectivity index (χ1v) is 13.2. The van der Waals surface area contributed by atoms with Gasteiger partial charge in [0, 0.05) is 36.0 Å². The molecule has 2 heterocycles. The van der Waals surface area contributed by atoms with Crippen LogP contribution >= 0.6 is 0 Å². The van der Waals surface area contributed by atoms with Gasteiger partial charge in [-0.15, -0.1) is 0 Å². The summed E-state index contributed by atoms with van der Waals surface area (Å²) in [7, 11) is 0. The summed E-state index contributed by atoms with van der Waals surface area (Å²) in [5.41, 5.74) is 4.21. The fourth-order valence-corrected chi connectivity index (χ4v) is 5.22. The van der Waals surface area contributed by atoms with Crippen molar-refractivity contribution in [2.75, 3.05) is 13.2 Å². The van der Waals surface area contributed by atoms with Crippen LogP contribution in [0.25, 0.3) is 10.9 Å². The molecule has 6 heteroatoms. The molecule has 1 aromatic heterocycles. The van der Waals surface area contributed by atoms with Crippen molar-refractivity contribution in [1.82, 2.24) is 9.88 Å². The molecule has 0 saturated heterocycles. The summed E-state index contributed by atoms with van der Waals surface area (Å²) in [6, 6.07) is 32.5. The van der Waals surface area contributed by atoms with Crippen LogP contribution in [0.2, 0.25) is 0 Å². The SMILES string of the molecule is O=C(CC(c1ccc(F)cc1)c1cn(Cc2ccccc2)c2ccccc12)NCC1COc2ccccc2O1. The van der Waals surface area contributed by atoms with Crippen LogP contribution in [-0.4, -0.2) is 29.7 Å². The molecule has 1 aliphatic rings. The van der Waals surface area contributed by atoms with E-state index in [0.717, 1.165) is 22.0 Å². The zero-order chi connectivity index (χ0) is 26.6. The Morgan fingerprint density at radius 2 is 1.62 bits per heavy atom. The van der Waals surface area contributed by atoms with Crippen molar-refractivity contribution in [3.63, 3.8) is 0 Å². The molecule has 6 rings (SSSR count). The molecule has 4 aromatic carbocycles. The Labute approximate surface area is 226 Å². The second-order valence-corrected chi connectivity index (χ2v) is 9.83. The lowest BCUT2D eigenvalue weighted by Crippen LogP contribution is -2.41. The maximum absolute atomic E-state index is 13.8. The maximum atomic E-state index is 13.8. The number of hydrogen-bond acceptors (Lipinski definition) is 3. The van der Waals surface area contributed by atoms with Crippen molar-refractivity contribution in [3.8, 4) is 11.5 Å². The smallest absolute Gasteiger partial charge is 0.221 e. The minimum atomic E-state index is -0.303. The number of hydrogen-bond donors (Lipinski definition) is 1. The molecule has 0 saturated carbocycles. The van der Waals surface area contributed by atoms with Gasteiger partial charge >= 0.3 is 0 Å². The quantitative estimate of drug-likeness (QED) is 0.261. The number of para-hydroxylation sites is 3. The van der Waals surface area contributed by atoms with Gasteiger partial charge in [0.05, 0.1) is 6.54 Å². The lowest BCUT2D eigenvalue weighted by molar-refractivity contribution is -0.121. The van der Waals surface area contributed by atoms with Crippen LogP contribution in [0.15, 0.2) is 109 Å². The number of carbonyl (C=O) groups excluding carboxylic acids is 1. The Bertz CT molecular complexity index is 1580. The third kappa shape index (κ3) is 5.50. The summed E-state index contributed by atoms with van der Waals surface area (Å²) in [5, 5.41) is 4.11. The molecule has 5 nitrogen and oxygen atoms in total. The van der Waals surface area contributed by atoms with Gasteiger partial charge in [0.25, 0.3) is 0 Å². The summed E-state index contributed by atoms with van der Waals surface area (Å²) in [5.74, 6) is 0.730. The molecular weight excluding hydrogens is 491 g/mol. The summed E-state index contributed by atoms with van der Waals surface area (Å²) in [6.45, 7) is 1.41. The fraction of sp³-hybridized carbons (Fsp3) is 0.182. The summed E-state index contributed by atoms with van der Waals surface area (Å²) < 4.78 is 27.8.